The number of benzene rings is 1. The van der Waals surface area contributed by atoms with Gasteiger partial charge in [-0.25, -0.2) is 4.39 Å². The van der Waals surface area contributed by atoms with E-state index in [0.29, 0.717) is 18.5 Å². The average Bonchev–Trinajstić information content (AvgIpc) is 2.69. The molecule has 1 unspecified atom stereocenters. The lowest BCUT2D eigenvalue weighted by Gasteiger charge is -2.32. The summed E-state index contributed by atoms with van der Waals surface area (Å²) in [6, 6.07) is 5.82. The van der Waals surface area contributed by atoms with E-state index < -0.39 is 0 Å². The van der Waals surface area contributed by atoms with Crippen LogP contribution in [0, 0.1) is 5.82 Å². The molecule has 1 N–H and O–H groups in total. The molecule has 5 heteroatoms. The molecule has 21 heavy (non-hydrogen) atoms. The Balaban J connectivity index is 1.91. The van der Waals surface area contributed by atoms with Gasteiger partial charge in [0, 0.05) is 18.5 Å². The molecule has 1 aliphatic rings. The summed E-state index contributed by atoms with van der Waals surface area (Å²) in [6.45, 7) is 6.45. The molecule has 1 saturated heterocycles. The van der Waals surface area contributed by atoms with Crippen molar-refractivity contribution in [3.8, 4) is 0 Å². The van der Waals surface area contributed by atoms with Crippen LogP contribution in [0.3, 0.4) is 0 Å². The topological polar surface area (TPSA) is 49.4 Å². The van der Waals surface area contributed by atoms with Crippen LogP contribution in [0.15, 0.2) is 24.3 Å². The molecule has 0 bridgehead atoms. The van der Waals surface area contributed by atoms with Crippen LogP contribution in [0.5, 0.6) is 0 Å². The molecule has 2 amide bonds. The van der Waals surface area contributed by atoms with Crippen molar-refractivity contribution in [3.05, 3.63) is 35.6 Å². The van der Waals surface area contributed by atoms with Gasteiger partial charge in [0.15, 0.2) is 0 Å². The van der Waals surface area contributed by atoms with E-state index in [9.17, 15) is 14.0 Å². The maximum Gasteiger partial charge on any atom is 0.225 e. The molecular formula is C16H21FN2O2. The fourth-order valence-electron chi connectivity index (χ4n) is 2.56. The highest BCUT2D eigenvalue weighted by Crippen LogP contribution is 2.21. The zero-order valence-electron chi connectivity index (χ0n) is 12.6. The zero-order valence-corrected chi connectivity index (χ0v) is 12.6. The van der Waals surface area contributed by atoms with Gasteiger partial charge in [-0.1, -0.05) is 12.1 Å². The molecule has 0 aliphatic carbocycles. The summed E-state index contributed by atoms with van der Waals surface area (Å²) in [6.07, 6.45) is 0.449. The standard InChI is InChI=1S/C16H21FN2O2/c1-16(2,3)19-10-13(9-15(19)21)18-14(20)8-11-5-4-6-12(17)7-11/h4-7,13H,8-10H2,1-3H3,(H,18,20). The van der Waals surface area contributed by atoms with E-state index >= 15 is 0 Å². The number of nitrogens with one attached hydrogen (secondary N) is 1. The molecule has 4 nitrogen and oxygen atoms in total. The zero-order chi connectivity index (χ0) is 15.6. The Morgan fingerprint density at radius 2 is 2.14 bits per heavy atom. The fraction of sp³-hybridized carbons (Fsp3) is 0.500. The summed E-state index contributed by atoms with van der Waals surface area (Å²) in [5, 5.41) is 2.86. The van der Waals surface area contributed by atoms with Gasteiger partial charge in [0.25, 0.3) is 0 Å². The number of rotatable bonds is 3. The lowest BCUT2D eigenvalue weighted by Crippen LogP contribution is -2.44. The minimum absolute atomic E-state index is 0.0542. The van der Waals surface area contributed by atoms with Crippen LogP contribution < -0.4 is 5.32 Å². The summed E-state index contributed by atoms with van der Waals surface area (Å²) in [5.41, 5.74) is 0.392. The Labute approximate surface area is 124 Å². The Morgan fingerprint density at radius 3 is 2.71 bits per heavy atom. The molecule has 1 aromatic carbocycles. The summed E-state index contributed by atoms with van der Waals surface area (Å²) >= 11 is 0. The average molecular weight is 292 g/mol. The predicted octanol–water partition coefficient (Wildman–Crippen LogP) is 1.88. The van der Waals surface area contributed by atoms with Gasteiger partial charge < -0.3 is 10.2 Å². The number of carbonyl (C=O) groups is 2. The first-order valence-corrected chi connectivity index (χ1v) is 7.10. The molecule has 1 aromatic rings. The summed E-state index contributed by atoms with van der Waals surface area (Å²) in [4.78, 5) is 25.7. The molecule has 1 atom stereocenters. The van der Waals surface area contributed by atoms with Crippen LogP contribution >= 0.6 is 0 Å². The van der Waals surface area contributed by atoms with Crippen LogP contribution in [-0.2, 0) is 16.0 Å². The van der Waals surface area contributed by atoms with E-state index in [1.807, 2.05) is 20.8 Å². The van der Waals surface area contributed by atoms with E-state index in [4.69, 9.17) is 0 Å². The van der Waals surface area contributed by atoms with Gasteiger partial charge in [0.2, 0.25) is 11.8 Å². The molecule has 0 saturated carbocycles. The van der Waals surface area contributed by atoms with Crippen molar-refractivity contribution in [2.75, 3.05) is 6.54 Å². The van der Waals surface area contributed by atoms with Gasteiger partial charge in [-0.05, 0) is 38.5 Å². The number of hydrogen-bond donors (Lipinski definition) is 1. The second-order valence-electron chi connectivity index (χ2n) is 6.45. The molecule has 1 fully saturated rings. The van der Waals surface area contributed by atoms with Gasteiger partial charge in [-0.2, -0.15) is 0 Å². The van der Waals surface area contributed by atoms with Crippen LogP contribution in [0.2, 0.25) is 0 Å². The second-order valence-corrected chi connectivity index (χ2v) is 6.45. The van der Waals surface area contributed by atoms with Crippen molar-refractivity contribution in [1.29, 1.82) is 0 Å². The Morgan fingerprint density at radius 1 is 1.43 bits per heavy atom. The number of likely N-dealkylation sites (tertiary alicyclic amines) is 1. The first-order chi connectivity index (χ1) is 9.75. The summed E-state index contributed by atoms with van der Waals surface area (Å²) < 4.78 is 13.1. The van der Waals surface area contributed by atoms with E-state index in [0.717, 1.165) is 0 Å². The third-order valence-corrected chi connectivity index (χ3v) is 3.55. The van der Waals surface area contributed by atoms with Crippen LogP contribution in [0.25, 0.3) is 0 Å². The normalized spacial score (nSPS) is 19.0. The maximum atomic E-state index is 13.1. The molecule has 2 rings (SSSR count). The van der Waals surface area contributed by atoms with Gasteiger partial charge in [0.1, 0.15) is 5.82 Å². The first-order valence-electron chi connectivity index (χ1n) is 7.10. The maximum absolute atomic E-state index is 13.1. The lowest BCUT2D eigenvalue weighted by molar-refractivity contribution is -0.131. The van der Waals surface area contributed by atoms with Gasteiger partial charge >= 0.3 is 0 Å². The van der Waals surface area contributed by atoms with Crippen molar-refractivity contribution in [2.45, 2.75) is 45.2 Å². The molecule has 0 aromatic heterocycles. The number of hydrogen-bond acceptors (Lipinski definition) is 2. The van der Waals surface area contributed by atoms with Gasteiger partial charge in [-0.3, -0.25) is 9.59 Å². The second kappa shape index (κ2) is 5.84. The molecule has 0 radical (unpaired) electrons. The number of nitrogens with zero attached hydrogens (tertiary/aromatic N) is 1. The molecule has 0 spiro atoms. The smallest absolute Gasteiger partial charge is 0.225 e. The van der Waals surface area contributed by atoms with Gasteiger partial charge in [0.05, 0.1) is 12.5 Å². The van der Waals surface area contributed by atoms with Crippen molar-refractivity contribution >= 4 is 11.8 Å². The SMILES string of the molecule is CC(C)(C)N1CC(NC(=O)Cc2cccc(F)c2)CC1=O. The first kappa shape index (κ1) is 15.5. The van der Waals surface area contributed by atoms with Crippen LogP contribution in [-0.4, -0.2) is 34.8 Å². The van der Waals surface area contributed by atoms with E-state index in [2.05, 4.69) is 5.32 Å². The molecule has 1 heterocycles. The van der Waals surface area contributed by atoms with Crippen LogP contribution in [0.1, 0.15) is 32.8 Å². The quantitative estimate of drug-likeness (QED) is 0.925. The van der Waals surface area contributed by atoms with E-state index in [-0.39, 0.29) is 35.6 Å². The monoisotopic (exact) mass is 292 g/mol. The van der Waals surface area contributed by atoms with Crippen molar-refractivity contribution in [3.63, 3.8) is 0 Å². The highest BCUT2D eigenvalue weighted by molar-refractivity contribution is 5.83. The van der Waals surface area contributed by atoms with E-state index in [1.54, 1.807) is 17.0 Å². The predicted molar refractivity (Wildman–Crippen MR) is 78.1 cm³/mol. The summed E-state index contributed by atoms with van der Waals surface area (Å²) in [5.74, 6) is -0.483. The minimum Gasteiger partial charge on any atom is -0.351 e. The Bertz CT molecular complexity index is 551. The summed E-state index contributed by atoms with van der Waals surface area (Å²) in [7, 11) is 0. The van der Waals surface area contributed by atoms with Gasteiger partial charge in [-0.15, -0.1) is 0 Å². The largest absolute Gasteiger partial charge is 0.351 e. The van der Waals surface area contributed by atoms with Crippen molar-refractivity contribution < 1.29 is 14.0 Å². The lowest BCUT2D eigenvalue weighted by atomic mass is 10.1. The highest BCUT2D eigenvalue weighted by Gasteiger charge is 2.36. The van der Waals surface area contributed by atoms with E-state index in [1.165, 1.54) is 12.1 Å². The molecule has 1 aliphatic heterocycles. The Hall–Kier alpha value is -1.91. The third kappa shape index (κ3) is 4.03. The molecule has 114 valence electrons. The molecular weight excluding hydrogens is 271 g/mol. The Kier molecular flexibility index (Phi) is 4.30. The minimum atomic E-state index is -0.352. The number of halogens is 1. The third-order valence-electron chi connectivity index (χ3n) is 3.55. The van der Waals surface area contributed by atoms with Crippen molar-refractivity contribution in [2.24, 2.45) is 0 Å². The number of carbonyl (C=O) groups excluding carboxylic acids is 2. The highest BCUT2D eigenvalue weighted by atomic mass is 19.1. The van der Waals surface area contributed by atoms with Crippen LogP contribution in [0.4, 0.5) is 4.39 Å². The fourth-order valence-corrected chi connectivity index (χ4v) is 2.56. The number of amides is 2. The van der Waals surface area contributed by atoms with Crippen molar-refractivity contribution in [1.82, 2.24) is 10.2 Å².